The number of rotatable bonds is 6. The van der Waals surface area contributed by atoms with Crippen molar-refractivity contribution in [3.05, 3.63) is 58.6 Å². The molecule has 1 heterocycles. The molecule has 0 spiro atoms. The molecule has 1 aliphatic rings. The zero-order chi connectivity index (χ0) is 19.4. The van der Waals surface area contributed by atoms with E-state index in [1.54, 1.807) is 19.1 Å². The Morgan fingerprint density at radius 2 is 1.70 bits per heavy atom. The topological polar surface area (TPSA) is 52.7 Å². The van der Waals surface area contributed by atoms with Crippen molar-refractivity contribution in [2.24, 2.45) is 0 Å². The predicted octanol–water partition coefficient (Wildman–Crippen LogP) is 2.92. The Hall–Kier alpha value is -1.60. The van der Waals surface area contributed by atoms with Crippen LogP contribution in [0.2, 0.25) is 5.02 Å². The number of nitrogens with one attached hydrogen (secondary N) is 1. The lowest BCUT2D eigenvalue weighted by Crippen LogP contribution is -2.44. The lowest BCUT2D eigenvalue weighted by Gasteiger charge is -2.34. The molecule has 0 radical (unpaired) electrons. The fourth-order valence-corrected chi connectivity index (χ4v) is 4.75. The Labute approximate surface area is 167 Å². The van der Waals surface area contributed by atoms with Crippen LogP contribution in [-0.2, 0) is 16.4 Å². The smallest absolute Gasteiger partial charge is 0.240 e. The van der Waals surface area contributed by atoms with Crippen LogP contribution in [0.1, 0.15) is 11.1 Å². The van der Waals surface area contributed by atoms with E-state index in [0.717, 1.165) is 31.7 Å². The summed E-state index contributed by atoms with van der Waals surface area (Å²) < 4.78 is 27.7. The Kier molecular flexibility index (Phi) is 6.42. The largest absolute Gasteiger partial charge is 0.369 e. The van der Waals surface area contributed by atoms with Crippen LogP contribution in [0, 0.1) is 6.92 Å². The van der Waals surface area contributed by atoms with Crippen molar-refractivity contribution in [2.45, 2.75) is 18.2 Å². The van der Waals surface area contributed by atoms with Crippen molar-refractivity contribution < 1.29 is 8.42 Å². The van der Waals surface area contributed by atoms with Gasteiger partial charge in [0.15, 0.2) is 0 Å². The van der Waals surface area contributed by atoms with E-state index in [1.807, 2.05) is 0 Å². The third-order valence-corrected chi connectivity index (χ3v) is 6.79. The molecule has 0 aliphatic carbocycles. The van der Waals surface area contributed by atoms with Crippen molar-refractivity contribution >= 4 is 27.3 Å². The summed E-state index contributed by atoms with van der Waals surface area (Å²) in [6.45, 7) is 6.34. The summed E-state index contributed by atoms with van der Waals surface area (Å²) in [5.41, 5.74) is 3.02. The molecule has 2 aromatic carbocycles. The molecule has 1 N–H and O–H groups in total. The van der Waals surface area contributed by atoms with Crippen LogP contribution in [0.15, 0.2) is 47.4 Å². The highest BCUT2D eigenvalue weighted by Crippen LogP contribution is 2.20. The molecular formula is C20H26ClN3O2S. The number of piperazine rings is 1. The van der Waals surface area contributed by atoms with Gasteiger partial charge in [-0.05, 0) is 55.8 Å². The number of halogens is 1. The molecule has 1 aliphatic heterocycles. The van der Waals surface area contributed by atoms with E-state index in [1.165, 1.54) is 11.8 Å². The van der Waals surface area contributed by atoms with E-state index in [-0.39, 0.29) is 4.90 Å². The van der Waals surface area contributed by atoms with Gasteiger partial charge in [0.05, 0.1) is 4.90 Å². The zero-order valence-electron chi connectivity index (χ0n) is 15.8. The molecule has 7 heteroatoms. The van der Waals surface area contributed by atoms with Gasteiger partial charge in [-0.25, -0.2) is 13.1 Å². The molecule has 0 saturated carbocycles. The Morgan fingerprint density at radius 1 is 1.04 bits per heavy atom. The maximum atomic E-state index is 12.5. The summed E-state index contributed by atoms with van der Waals surface area (Å²) in [6.07, 6.45) is 0.641. The first-order valence-corrected chi connectivity index (χ1v) is 11.0. The Morgan fingerprint density at radius 3 is 2.37 bits per heavy atom. The van der Waals surface area contributed by atoms with Crippen LogP contribution < -0.4 is 9.62 Å². The molecular weight excluding hydrogens is 382 g/mol. The number of sulfonamides is 1. The summed E-state index contributed by atoms with van der Waals surface area (Å²) in [7, 11) is -1.42. The van der Waals surface area contributed by atoms with Crippen LogP contribution in [0.25, 0.3) is 0 Å². The molecule has 0 atom stereocenters. The molecule has 27 heavy (non-hydrogen) atoms. The van der Waals surface area contributed by atoms with E-state index < -0.39 is 10.0 Å². The molecule has 0 aromatic heterocycles. The summed E-state index contributed by atoms with van der Waals surface area (Å²) in [6, 6.07) is 13.3. The quantitative estimate of drug-likeness (QED) is 0.799. The van der Waals surface area contributed by atoms with Crippen LogP contribution in [0.3, 0.4) is 0 Å². The monoisotopic (exact) mass is 407 g/mol. The van der Waals surface area contributed by atoms with E-state index in [2.05, 4.69) is 45.8 Å². The molecule has 1 fully saturated rings. The number of anilines is 1. The number of benzene rings is 2. The minimum atomic E-state index is -3.56. The van der Waals surface area contributed by atoms with Gasteiger partial charge in [0.1, 0.15) is 0 Å². The average Bonchev–Trinajstić information content (AvgIpc) is 2.65. The van der Waals surface area contributed by atoms with E-state index in [4.69, 9.17) is 11.6 Å². The van der Waals surface area contributed by atoms with Crippen LogP contribution in [0.4, 0.5) is 5.69 Å². The van der Waals surface area contributed by atoms with Gasteiger partial charge in [0, 0.05) is 43.4 Å². The molecule has 0 amide bonds. The highest BCUT2D eigenvalue weighted by Gasteiger charge is 2.17. The van der Waals surface area contributed by atoms with Gasteiger partial charge in [-0.2, -0.15) is 0 Å². The zero-order valence-corrected chi connectivity index (χ0v) is 17.4. The predicted molar refractivity (Wildman–Crippen MR) is 111 cm³/mol. The lowest BCUT2D eigenvalue weighted by atomic mass is 10.1. The third-order valence-electron chi connectivity index (χ3n) is 4.95. The second-order valence-electron chi connectivity index (χ2n) is 7.01. The minimum Gasteiger partial charge on any atom is -0.369 e. The van der Waals surface area contributed by atoms with Crippen LogP contribution >= 0.6 is 11.6 Å². The van der Waals surface area contributed by atoms with E-state index >= 15 is 0 Å². The maximum Gasteiger partial charge on any atom is 0.240 e. The molecule has 1 saturated heterocycles. The molecule has 0 bridgehead atoms. The fraction of sp³-hybridized carbons (Fsp3) is 0.400. The van der Waals surface area contributed by atoms with Gasteiger partial charge in [-0.15, -0.1) is 0 Å². The van der Waals surface area contributed by atoms with Gasteiger partial charge in [-0.1, -0.05) is 29.8 Å². The number of aryl methyl sites for hydroxylation is 1. The lowest BCUT2D eigenvalue weighted by molar-refractivity contribution is 0.313. The molecule has 3 rings (SSSR count). The van der Waals surface area contributed by atoms with Crippen molar-refractivity contribution in [1.29, 1.82) is 0 Å². The van der Waals surface area contributed by atoms with E-state index in [9.17, 15) is 8.42 Å². The van der Waals surface area contributed by atoms with Crippen LogP contribution in [-0.4, -0.2) is 53.1 Å². The third kappa shape index (κ3) is 5.23. The highest BCUT2D eigenvalue weighted by atomic mass is 35.5. The van der Waals surface area contributed by atoms with Crippen molar-refractivity contribution in [1.82, 2.24) is 9.62 Å². The van der Waals surface area contributed by atoms with Crippen molar-refractivity contribution in [3.63, 3.8) is 0 Å². The van der Waals surface area contributed by atoms with Gasteiger partial charge in [0.25, 0.3) is 0 Å². The van der Waals surface area contributed by atoms with Gasteiger partial charge < -0.3 is 9.80 Å². The molecule has 146 valence electrons. The molecule has 5 nitrogen and oxygen atoms in total. The SMILES string of the molecule is Cc1ccc(Cl)cc1S(=O)(=O)NCCc1ccc(N2CCN(C)CC2)cc1. The molecule has 0 unspecified atom stereocenters. The van der Waals surface area contributed by atoms with Gasteiger partial charge in [0.2, 0.25) is 10.0 Å². The second-order valence-corrected chi connectivity index (χ2v) is 9.19. The fourth-order valence-electron chi connectivity index (χ4n) is 3.21. The standard InChI is InChI=1S/C20H26ClN3O2S/c1-16-3-6-18(21)15-20(16)27(25,26)22-10-9-17-4-7-19(8-5-17)24-13-11-23(2)12-14-24/h3-8,15,22H,9-14H2,1-2H3. The second kappa shape index (κ2) is 8.61. The normalized spacial score (nSPS) is 15.9. The first-order valence-electron chi connectivity index (χ1n) is 9.13. The summed E-state index contributed by atoms with van der Waals surface area (Å²) in [4.78, 5) is 4.95. The average molecular weight is 408 g/mol. The Bertz CT molecular complexity index is 877. The van der Waals surface area contributed by atoms with E-state index in [0.29, 0.717) is 23.6 Å². The van der Waals surface area contributed by atoms with Crippen LogP contribution in [0.5, 0.6) is 0 Å². The van der Waals surface area contributed by atoms with Gasteiger partial charge >= 0.3 is 0 Å². The number of hydrogen-bond donors (Lipinski definition) is 1. The number of hydrogen-bond acceptors (Lipinski definition) is 4. The summed E-state index contributed by atoms with van der Waals surface area (Å²) in [5, 5.41) is 0.417. The first-order chi connectivity index (χ1) is 12.8. The number of nitrogens with zero attached hydrogens (tertiary/aromatic N) is 2. The van der Waals surface area contributed by atoms with Crippen molar-refractivity contribution in [2.75, 3.05) is 44.7 Å². The first kappa shape index (κ1) is 20.1. The minimum absolute atomic E-state index is 0.236. The highest BCUT2D eigenvalue weighted by molar-refractivity contribution is 7.89. The maximum absolute atomic E-state index is 12.5. The summed E-state index contributed by atoms with van der Waals surface area (Å²) in [5.74, 6) is 0. The molecule has 2 aromatic rings. The summed E-state index contributed by atoms with van der Waals surface area (Å²) >= 11 is 5.94. The van der Waals surface area contributed by atoms with Gasteiger partial charge in [-0.3, -0.25) is 0 Å². The van der Waals surface area contributed by atoms with Crippen molar-refractivity contribution in [3.8, 4) is 0 Å². The Balaban J connectivity index is 1.56. The number of likely N-dealkylation sites (N-methyl/N-ethyl adjacent to an activating group) is 1.